The van der Waals surface area contributed by atoms with Crippen molar-refractivity contribution in [3.05, 3.63) is 59.7 Å². The minimum atomic E-state index is -0.507. The largest absolute Gasteiger partial charge is 0.462 e. The van der Waals surface area contributed by atoms with Gasteiger partial charge in [-0.1, -0.05) is 36.4 Å². The molecule has 1 saturated heterocycles. The second-order valence-corrected chi connectivity index (χ2v) is 9.18. The van der Waals surface area contributed by atoms with Crippen LogP contribution in [0.25, 0.3) is 11.0 Å². The molecule has 1 amide bonds. The molecule has 6 nitrogen and oxygen atoms in total. The van der Waals surface area contributed by atoms with Crippen LogP contribution >= 0.6 is 0 Å². The van der Waals surface area contributed by atoms with E-state index in [0.29, 0.717) is 25.7 Å². The van der Waals surface area contributed by atoms with Crippen molar-refractivity contribution in [3.8, 4) is 6.01 Å². The summed E-state index contributed by atoms with van der Waals surface area (Å²) in [4.78, 5) is 19.1. The third kappa shape index (κ3) is 4.84. The highest BCUT2D eigenvalue weighted by molar-refractivity contribution is 5.76. The Labute approximate surface area is 183 Å². The summed E-state index contributed by atoms with van der Waals surface area (Å²) in [6.07, 6.45) is 1.58. The average molecular weight is 422 g/mol. The average Bonchev–Trinajstić information content (AvgIpc) is 3.32. The highest BCUT2D eigenvalue weighted by atomic mass is 16.6. The summed E-state index contributed by atoms with van der Waals surface area (Å²) >= 11 is 0. The van der Waals surface area contributed by atoms with Gasteiger partial charge in [-0.25, -0.2) is 4.79 Å². The molecule has 164 valence electrons. The molecule has 31 heavy (non-hydrogen) atoms. The first-order chi connectivity index (χ1) is 14.8. The first kappa shape index (κ1) is 21.2. The number of benzene rings is 2. The van der Waals surface area contributed by atoms with E-state index in [0.717, 1.165) is 23.9 Å². The Morgan fingerprint density at radius 3 is 2.65 bits per heavy atom. The summed E-state index contributed by atoms with van der Waals surface area (Å²) in [5.41, 5.74) is 3.90. The number of rotatable bonds is 5. The standard InChI is InChI=1S/C25H31N3O3/c1-18-10-5-6-11-19(18)16-28-22-14-8-7-13-21(22)26-23(28)30-17-20-12-9-15-27(20)24(29)31-25(2,3)4/h5-8,10-11,13-14,20H,9,12,15-17H2,1-4H3/t20-/m1/s1. The van der Waals surface area contributed by atoms with Gasteiger partial charge < -0.3 is 14.4 Å². The van der Waals surface area contributed by atoms with E-state index in [1.807, 2.05) is 45.0 Å². The van der Waals surface area contributed by atoms with E-state index in [2.05, 4.69) is 35.8 Å². The van der Waals surface area contributed by atoms with Gasteiger partial charge in [0.1, 0.15) is 12.2 Å². The van der Waals surface area contributed by atoms with Crippen LogP contribution in [0.5, 0.6) is 6.01 Å². The molecular formula is C25H31N3O3. The Kier molecular flexibility index (Phi) is 5.90. The summed E-state index contributed by atoms with van der Waals surface area (Å²) in [5, 5.41) is 0. The number of amides is 1. The number of aryl methyl sites for hydroxylation is 1. The SMILES string of the molecule is Cc1ccccc1Cn1c(OC[C@H]2CCCN2C(=O)OC(C)(C)C)nc2ccccc21. The van der Waals surface area contributed by atoms with Crippen molar-refractivity contribution < 1.29 is 14.3 Å². The van der Waals surface area contributed by atoms with Crippen LogP contribution in [0.3, 0.4) is 0 Å². The highest BCUT2D eigenvalue weighted by Gasteiger charge is 2.33. The molecule has 0 spiro atoms. The number of likely N-dealkylation sites (tertiary alicyclic amines) is 1. The van der Waals surface area contributed by atoms with Crippen LogP contribution in [0.15, 0.2) is 48.5 Å². The van der Waals surface area contributed by atoms with E-state index in [1.165, 1.54) is 11.1 Å². The lowest BCUT2D eigenvalue weighted by Crippen LogP contribution is -2.42. The lowest BCUT2D eigenvalue weighted by atomic mass is 10.1. The molecule has 3 aromatic rings. The van der Waals surface area contributed by atoms with Crippen LogP contribution in [0.4, 0.5) is 4.79 Å². The van der Waals surface area contributed by atoms with Crippen molar-refractivity contribution in [1.82, 2.24) is 14.5 Å². The fourth-order valence-electron chi connectivity index (χ4n) is 4.01. The minimum absolute atomic E-state index is 0.0124. The number of imidazole rings is 1. The Hall–Kier alpha value is -3.02. The molecule has 2 aromatic carbocycles. The van der Waals surface area contributed by atoms with Crippen molar-refractivity contribution in [2.24, 2.45) is 0 Å². The molecule has 2 heterocycles. The van der Waals surface area contributed by atoms with Gasteiger partial charge in [0.25, 0.3) is 6.01 Å². The summed E-state index contributed by atoms with van der Waals surface area (Å²) in [6.45, 7) is 9.56. The maximum absolute atomic E-state index is 12.6. The van der Waals surface area contributed by atoms with Crippen LogP contribution in [-0.2, 0) is 11.3 Å². The van der Waals surface area contributed by atoms with Crippen molar-refractivity contribution in [2.45, 2.75) is 58.7 Å². The van der Waals surface area contributed by atoms with E-state index in [-0.39, 0.29) is 12.1 Å². The number of carbonyl (C=O) groups excluding carboxylic acids is 1. The molecule has 0 N–H and O–H groups in total. The van der Waals surface area contributed by atoms with Crippen LogP contribution in [-0.4, -0.2) is 45.3 Å². The fraction of sp³-hybridized carbons (Fsp3) is 0.440. The zero-order valence-electron chi connectivity index (χ0n) is 18.8. The number of fused-ring (bicyclic) bond motifs is 1. The maximum atomic E-state index is 12.6. The lowest BCUT2D eigenvalue weighted by molar-refractivity contribution is 0.0183. The van der Waals surface area contributed by atoms with Gasteiger partial charge in [-0.2, -0.15) is 4.98 Å². The number of aromatic nitrogens is 2. The molecule has 6 heteroatoms. The van der Waals surface area contributed by atoms with E-state index in [9.17, 15) is 4.79 Å². The number of nitrogens with zero attached hydrogens (tertiary/aromatic N) is 3. The van der Waals surface area contributed by atoms with Gasteiger partial charge in [-0.3, -0.25) is 4.57 Å². The molecule has 1 aromatic heterocycles. The summed E-state index contributed by atoms with van der Waals surface area (Å²) in [7, 11) is 0. The predicted molar refractivity (Wildman–Crippen MR) is 121 cm³/mol. The Morgan fingerprint density at radius 2 is 1.87 bits per heavy atom. The van der Waals surface area contributed by atoms with Gasteiger partial charge in [0.05, 0.1) is 23.6 Å². The lowest BCUT2D eigenvalue weighted by Gasteiger charge is -2.28. The number of carbonyl (C=O) groups is 1. The third-order valence-electron chi connectivity index (χ3n) is 5.62. The molecule has 1 atom stereocenters. The summed E-state index contributed by atoms with van der Waals surface area (Å²) in [5.74, 6) is 0. The van der Waals surface area contributed by atoms with Crippen LogP contribution in [0.2, 0.25) is 0 Å². The van der Waals surface area contributed by atoms with E-state index in [4.69, 9.17) is 14.5 Å². The van der Waals surface area contributed by atoms with E-state index < -0.39 is 5.60 Å². The molecule has 0 bridgehead atoms. The molecule has 1 fully saturated rings. The molecule has 0 saturated carbocycles. The second kappa shape index (κ2) is 8.61. The first-order valence-corrected chi connectivity index (χ1v) is 10.9. The summed E-state index contributed by atoms with van der Waals surface area (Å²) < 4.78 is 13.9. The van der Waals surface area contributed by atoms with Crippen molar-refractivity contribution in [3.63, 3.8) is 0 Å². The van der Waals surface area contributed by atoms with Gasteiger partial charge in [0.2, 0.25) is 0 Å². The monoisotopic (exact) mass is 421 g/mol. The van der Waals surface area contributed by atoms with E-state index in [1.54, 1.807) is 4.90 Å². The van der Waals surface area contributed by atoms with Crippen LogP contribution in [0, 0.1) is 6.92 Å². The van der Waals surface area contributed by atoms with Crippen LogP contribution in [0.1, 0.15) is 44.7 Å². The Bertz CT molecular complexity index is 1070. The quantitative estimate of drug-likeness (QED) is 0.570. The molecule has 0 radical (unpaired) electrons. The molecule has 4 rings (SSSR count). The maximum Gasteiger partial charge on any atom is 0.410 e. The molecule has 1 aliphatic heterocycles. The summed E-state index contributed by atoms with van der Waals surface area (Å²) in [6, 6.07) is 17.0. The second-order valence-electron chi connectivity index (χ2n) is 9.18. The molecule has 0 aliphatic carbocycles. The molecule has 0 unspecified atom stereocenters. The minimum Gasteiger partial charge on any atom is -0.462 e. The van der Waals surface area contributed by atoms with Gasteiger partial charge in [-0.15, -0.1) is 0 Å². The fourth-order valence-corrected chi connectivity index (χ4v) is 4.01. The first-order valence-electron chi connectivity index (χ1n) is 10.9. The Morgan fingerprint density at radius 1 is 1.13 bits per heavy atom. The normalized spacial score (nSPS) is 16.6. The number of ether oxygens (including phenoxy) is 2. The topological polar surface area (TPSA) is 56.6 Å². The van der Waals surface area contributed by atoms with Crippen molar-refractivity contribution in [1.29, 1.82) is 0 Å². The van der Waals surface area contributed by atoms with Gasteiger partial charge in [0.15, 0.2) is 0 Å². The molecule has 1 aliphatic rings. The van der Waals surface area contributed by atoms with E-state index >= 15 is 0 Å². The van der Waals surface area contributed by atoms with Crippen molar-refractivity contribution in [2.75, 3.05) is 13.2 Å². The predicted octanol–water partition coefficient (Wildman–Crippen LogP) is 5.17. The van der Waals surface area contributed by atoms with Crippen LogP contribution < -0.4 is 4.74 Å². The third-order valence-corrected chi connectivity index (χ3v) is 5.62. The highest BCUT2D eigenvalue weighted by Crippen LogP contribution is 2.26. The van der Waals surface area contributed by atoms with Gasteiger partial charge >= 0.3 is 6.09 Å². The number of para-hydroxylation sites is 2. The zero-order valence-corrected chi connectivity index (χ0v) is 18.8. The Balaban J connectivity index is 1.54. The zero-order chi connectivity index (χ0) is 22.0. The van der Waals surface area contributed by atoms with Crippen molar-refractivity contribution >= 4 is 17.1 Å². The van der Waals surface area contributed by atoms with Gasteiger partial charge in [0, 0.05) is 6.54 Å². The number of hydrogen-bond donors (Lipinski definition) is 0. The smallest absolute Gasteiger partial charge is 0.410 e. The number of hydrogen-bond acceptors (Lipinski definition) is 4. The van der Waals surface area contributed by atoms with Gasteiger partial charge in [-0.05, 0) is 63.8 Å². The molecular weight excluding hydrogens is 390 g/mol.